The number of likely N-dealkylation sites (tertiary alicyclic amines) is 1. The fraction of sp³-hybridized carbons (Fsp3) is 0.348. The number of rotatable bonds is 7. The maximum atomic E-state index is 13.0. The number of piperidine rings is 1. The maximum Gasteiger partial charge on any atom is 0.251 e. The van der Waals surface area contributed by atoms with Gasteiger partial charge in [0.1, 0.15) is 11.6 Å². The van der Waals surface area contributed by atoms with Crippen molar-refractivity contribution in [2.24, 2.45) is 5.92 Å². The molecule has 148 valence electrons. The zero-order valence-electron chi connectivity index (χ0n) is 16.2. The number of carbonyl (C=O) groups excluding carboxylic acids is 1. The molecule has 1 heterocycles. The van der Waals surface area contributed by atoms with Gasteiger partial charge in [-0.25, -0.2) is 4.39 Å². The van der Waals surface area contributed by atoms with Crippen molar-refractivity contribution in [3.63, 3.8) is 0 Å². The molecule has 0 radical (unpaired) electrons. The van der Waals surface area contributed by atoms with E-state index in [4.69, 9.17) is 4.74 Å². The molecule has 0 aliphatic carbocycles. The molecule has 1 fully saturated rings. The molecule has 4 nitrogen and oxygen atoms in total. The second-order valence-electron chi connectivity index (χ2n) is 7.13. The first-order valence-corrected chi connectivity index (χ1v) is 9.71. The molecule has 1 saturated heterocycles. The standard InChI is InChI=1S/C23H27FN2O2/c1-28-22-9-3-2-7-19(22)8-5-15-26-14-4-6-18(17-26)16-25-23(27)20-10-12-21(24)13-11-20/h2-3,5,7-13,18H,4,6,14-17H2,1H3,(H,25,27). The van der Waals surface area contributed by atoms with Crippen LogP contribution in [-0.2, 0) is 0 Å². The Labute approximate surface area is 166 Å². The minimum atomic E-state index is -0.333. The van der Waals surface area contributed by atoms with Crippen LogP contribution in [0.5, 0.6) is 5.75 Å². The Balaban J connectivity index is 1.46. The lowest BCUT2D eigenvalue weighted by Gasteiger charge is -2.32. The topological polar surface area (TPSA) is 41.6 Å². The normalized spacial score (nSPS) is 17.6. The number of ether oxygens (including phenoxy) is 1. The lowest BCUT2D eigenvalue weighted by Crippen LogP contribution is -2.40. The Morgan fingerprint density at radius 2 is 2.04 bits per heavy atom. The monoisotopic (exact) mass is 382 g/mol. The Hall–Kier alpha value is -2.66. The van der Waals surface area contributed by atoms with Gasteiger partial charge in [-0.05, 0) is 55.6 Å². The lowest BCUT2D eigenvalue weighted by molar-refractivity contribution is 0.0934. The van der Waals surface area contributed by atoms with Gasteiger partial charge < -0.3 is 10.1 Å². The highest BCUT2D eigenvalue weighted by Crippen LogP contribution is 2.19. The third-order valence-corrected chi connectivity index (χ3v) is 5.06. The molecule has 1 N–H and O–H groups in total. The SMILES string of the molecule is COc1ccccc1C=CCN1CCCC(CNC(=O)c2ccc(F)cc2)C1. The van der Waals surface area contributed by atoms with E-state index in [9.17, 15) is 9.18 Å². The summed E-state index contributed by atoms with van der Waals surface area (Å²) in [5, 5.41) is 2.98. The van der Waals surface area contributed by atoms with Crippen molar-refractivity contribution in [1.29, 1.82) is 0 Å². The van der Waals surface area contributed by atoms with Crippen molar-refractivity contribution in [3.05, 3.63) is 71.6 Å². The molecule has 5 heteroatoms. The van der Waals surface area contributed by atoms with Crippen LogP contribution >= 0.6 is 0 Å². The van der Waals surface area contributed by atoms with Gasteiger partial charge in [-0.15, -0.1) is 0 Å². The van der Waals surface area contributed by atoms with E-state index in [1.165, 1.54) is 24.3 Å². The number of carbonyl (C=O) groups is 1. The minimum absolute atomic E-state index is 0.145. The van der Waals surface area contributed by atoms with Crippen molar-refractivity contribution >= 4 is 12.0 Å². The number of hydrogen-bond donors (Lipinski definition) is 1. The summed E-state index contributed by atoms with van der Waals surface area (Å²) >= 11 is 0. The Morgan fingerprint density at radius 3 is 2.82 bits per heavy atom. The average Bonchev–Trinajstić information content (AvgIpc) is 2.73. The van der Waals surface area contributed by atoms with Gasteiger partial charge in [0.15, 0.2) is 0 Å². The predicted octanol–water partition coefficient (Wildman–Crippen LogP) is 3.99. The van der Waals surface area contributed by atoms with Crippen molar-refractivity contribution in [1.82, 2.24) is 10.2 Å². The Morgan fingerprint density at radius 1 is 1.25 bits per heavy atom. The fourth-order valence-corrected chi connectivity index (χ4v) is 3.56. The summed E-state index contributed by atoms with van der Waals surface area (Å²) in [6, 6.07) is 13.6. The Kier molecular flexibility index (Phi) is 7.20. The van der Waals surface area contributed by atoms with Crippen molar-refractivity contribution in [2.45, 2.75) is 12.8 Å². The Bertz CT molecular complexity index is 805. The van der Waals surface area contributed by atoms with Crippen LogP contribution in [0.15, 0.2) is 54.6 Å². The minimum Gasteiger partial charge on any atom is -0.496 e. The van der Waals surface area contributed by atoms with Crippen LogP contribution in [0.1, 0.15) is 28.8 Å². The van der Waals surface area contributed by atoms with E-state index in [0.29, 0.717) is 18.0 Å². The average molecular weight is 382 g/mol. The summed E-state index contributed by atoms with van der Waals surface area (Å²) < 4.78 is 18.3. The van der Waals surface area contributed by atoms with E-state index in [0.717, 1.165) is 43.8 Å². The molecule has 0 aromatic heterocycles. The second-order valence-corrected chi connectivity index (χ2v) is 7.13. The number of hydrogen-bond acceptors (Lipinski definition) is 3. The highest BCUT2D eigenvalue weighted by molar-refractivity contribution is 5.94. The number of methoxy groups -OCH3 is 1. The van der Waals surface area contributed by atoms with Crippen molar-refractivity contribution < 1.29 is 13.9 Å². The fourth-order valence-electron chi connectivity index (χ4n) is 3.56. The van der Waals surface area contributed by atoms with E-state index in [-0.39, 0.29) is 11.7 Å². The van der Waals surface area contributed by atoms with Crippen LogP contribution in [0.4, 0.5) is 4.39 Å². The van der Waals surface area contributed by atoms with E-state index < -0.39 is 0 Å². The van der Waals surface area contributed by atoms with E-state index >= 15 is 0 Å². The molecule has 0 spiro atoms. The van der Waals surface area contributed by atoms with Crippen LogP contribution in [0.2, 0.25) is 0 Å². The second kappa shape index (κ2) is 10.0. The zero-order chi connectivity index (χ0) is 19.8. The van der Waals surface area contributed by atoms with Gasteiger partial charge in [-0.1, -0.05) is 30.4 Å². The van der Waals surface area contributed by atoms with Crippen LogP contribution in [-0.4, -0.2) is 44.1 Å². The summed E-state index contributed by atoms with van der Waals surface area (Å²) in [6.07, 6.45) is 6.49. The molecule has 1 aliphatic rings. The van der Waals surface area contributed by atoms with E-state index in [2.05, 4.69) is 22.4 Å². The molecule has 1 unspecified atom stereocenters. The predicted molar refractivity (Wildman–Crippen MR) is 110 cm³/mol. The van der Waals surface area contributed by atoms with E-state index in [1.54, 1.807) is 7.11 Å². The molecule has 1 atom stereocenters. The molecule has 0 saturated carbocycles. The highest BCUT2D eigenvalue weighted by atomic mass is 19.1. The molecule has 3 rings (SSSR count). The maximum absolute atomic E-state index is 13.0. The lowest BCUT2D eigenvalue weighted by atomic mass is 9.98. The number of para-hydroxylation sites is 1. The van der Waals surface area contributed by atoms with Gasteiger partial charge in [0.25, 0.3) is 5.91 Å². The smallest absolute Gasteiger partial charge is 0.251 e. The largest absolute Gasteiger partial charge is 0.496 e. The number of nitrogens with zero attached hydrogens (tertiary/aromatic N) is 1. The summed E-state index contributed by atoms with van der Waals surface area (Å²) in [4.78, 5) is 14.6. The van der Waals surface area contributed by atoms with Crippen LogP contribution in [0.25, 0.3) is 6.08 Å². The molecule has 1 amide bonds. The third-order valence-electron chi connectivity index (χ3n) is 5.06. The molecule has 28 heavy (non-hydrogen) atoms. The molecule has 1 aliphatic heterocycles. The highest BCUT2D eigenvalue weighted by Gasteiger charge is 2.19. The van der Waals surface area contributed by atoms with Gasteiger partial charge in [0, 0.05) is 30.8 Å². The molecular weight excluding hydrogens is 355 g/mol. The van der Waals surface area contributed by atoms with Gasteiger partial charge >= 0.3 is 0 Å². The quantitative estimate of drug-likeness (QED) is 0.787. The number of nitrogens with one attached hydrogen (secondary N) is 1. The zero-order valence-corrected chi connectivity index (χ0v) is 16.2. The molecule has 0 bridgehead atoms. The van der Waals surface area contributed by atoms with Crippen LogP contribution in [0.3, 0.4) is 0 Å². The number of halogens is 1. The number of amides is 1. The van der Waals surface area contributed by atoms with Gasteiger partial charge in [0.2, 0.25) is 0 Å². The molecule has 2 aromatic rings. The van der Waals surface area contributed by atoms with Gasteiger partial charge in [-0.2, -0.15) is 0 Å². The van der Waals surface area contributed by atoms with Crippen molar-refractivity contribution in [3.8, 4) is 5.75 Å². The van der Waals surface area contributed by atoms with Gasteiger partial charge in [0.05, 0.1) is 7.11 Å². The third kappa shape index (κ3) is 5.67. The summed E-state index contributed by atoms with van der Waals surface area (Å²) in [6.45, 7) is 3.54. The van der Waals surface area contributed by atoms with Gasteiger partial charge in [-0.3, -0.25) is 9.69 Å². The first-order valence-electron chi connectivity index (χ1n) is 9.71. The first-order chi connectivity index (χ1) is 13.7. The molecule has 2 aromatic carbocycles. The van der Waals surface area contributed by atoms with Crippen LogP contribution in [0, 0.1) is 11.7 Å². The molecular formula is C23H27FN2O2. The van der Waals surface area contributed by atoms with Crippen LogP contribution < -0.4 is 10.1 Å². The summed E-state index contributed by atoms with van der Waals surface area (Å²) in [5.41, 5.74) is 1.57. The van der Waals surface area contributed by atoms with E-state index in [1.807, 2.05) is 24.3 Å². The number of benzene rings is 2. The summed E-state index contributed by atoms with van der Waals surface area (Å²) in [7, 11) is 1.68. The first kappa shape index (κ1) is 20.1. The summed E-state index contributed by atoms with van der Waals surface area (Å²) in [5.74, 6) is 0.824. The van der Waals surface area contributed by atoms with Crippen molar-refractivity contribution in [2.75, 3.05) is 33.3 Å².